The molecule has 2 aromatic heterocycles. The van der Waals surface area contributed by atoms with Gasteiger partial charge in [0, 0.05) is 12.6 Å². The van der Waals surface area contributed by atoms with E-state index in [4.69, 9.17) is 4.52 Å². The SMILES string of the molecule is COC(=O)CCc1nc(-c2ccc[nH]2)no1. The van der Waals surface area contributed by atoms with Crippen LogP contribution in [0.25, 0.3) is 11.5 Å². The van der Waals surface area contributed by atoms with Crippen molar-refractivity contribution < 1.29 is 14.1 Å². The summed E-state index contributed by atoms with van der Waals surface area (Å²) in [6.45, 7) is 0. The normalized spacial score (nSPS) is 10.3. The van der Waals surface area contributed by atoms with E-state index in [1.165, 1.54) is 7.11 Å². The Morgan fingerprint density at radius 2 is 2.50 bits per heavy atom. The predicted octanol–water partition coefficient (Wildman–Crippen LogP) is 1.17. The zero-order valence-electron chi connectivity index (χ0n) is 8.77. The van der Waals surface area contributed by atoms with Crippen molar-refractivity contribution in [2.75, 3.05) is 7.11 Å². The zero-order chi connectivity index (χ0) is 11.4. The quantitative estimate of drug-likeness (QED) is 0.784. The number of methoxy groups -OCH3 is 1. The first-order valence-electron chi connectivity index (χ1n) is 4.83. The van der Waals surface area contributed by atoms with Crippen LogP contribution >= 0.6 is 0 Å². The third-order valence-corrected chi connectivity index (χ3v) is 2.08. The third kappa shape index (κ3) is 2.28. The lowest BCUT2D eigenvalue weighted by molar-refractivity contribution is -0.140. The van der Waals surface area contributed by atoms with Crippen molar-refractivity contribution >= 4 is 5.97 Å². The molecule has 16 heavy (non-hydrogen) atoms. The van der Waals surface area contributed by atoms with E-state index < -0.39 is 0 Å². The van der Waals surface area contributed by atoms with Crippen LogP contribution in [-0.4, -0.2) is 28.2 Å². The molecule has 2 heterocycles. The number of hydrogen-bond donors (Lipinski definition) is 1. The van der Waals surface area contributed by atoms with Crippen LogP contribution in [0.3, 0.4) is 0 Å². The lowest BCUT2D eigenvalue weighted by Crippen LogP contribution is -2.01. The number of carbonyl (C=O) groups is 1. The first-order chi connectivity index (χ1) is 7.79. The fourth-order valence-corrected chi connectivity index (χ4v) is 1.25. The Morgan fingerprint density at radius 3 is 3.19 bits per heavy atom. The van der Waals surface area contributed by atoms with Gasteiger partial charge in [-0.25, -0.2) is 0 Å². The van der Waals surface area contributed by atoms with Gasteiger partial charge in [-0.15, -0.1) is 0 Å². The summed E-state index contributed by atoms with van der Waals surface area (Å²) in [5.41, 5.74) is 0.785. The number of nitrogens with one attached hydrogen (secondary N) is 1. The number of aryl methyl sites for hydroxylation is 1. The molecule has 0 amide bonds. The molecule has 0 aliphatic rings. The molecule has 6 heteroatoms. The fraction of sp³-hybridized carbons (Fsp3) is 0.300. The Bertz CT molecular complexity index is 461. The van der Waals surface area contributed by atoms with E-state index in [1.807, 2.05) is 12.1 Å². The van der Waals surface area contributed by atoms with E-state index in [2.05, 4.69) is 19.9 Å². The van der Waals surface area contributed by atoms with Gasteiger partial charge in [0.15, 0.2) is 0 Å². The van der Waals surface area contributed by atoms with E-state index in [9.17, 15) is 4.79 Å². The minimum absolute atomic E-state index is 0.239. The van der Waals surface area contributed by atoms with Crippen LogP contribution < -0.4 is 0 Å². The van der Waals surface area contributed by atoms with Gasteiger partial charge >= 0.3 is 5.97 Å². The van der Waals surface area contributed by atoms with Gasteiger partial charge in [-0.1, -0.05) is 5.16 Å². The molecule has 0 fully saturated rings. The van der Waals surface area contributed by atoms with E-state index in [-0.39, 0.29) is 12.4 Å². The van der Waals surface area contributed by atoms with Crippen LogP contribution in [0.5, 0.6) is 0 Å². The van der Waals surface area contributed by atoms with Crippen molar-refractivity contribution in [2.45, 2.75) is 12.8 Å². The number of esters is 1. The van der Waals surface area contributed by atoms with Crippen molar-refractivity contribution in [3.8, 4) is 11.5 Å². The highest BCUT2D eigenvalue weighted by atomic mass is 16.5. The summed E-state index contributed by atoms with van der Waals surface area (Å²) >= 11 is 0. The number of aromatic nitrogens is 3. The van der Waals surface area contributed by atoms with Gasteiger partial charge < -0.3 is 14.2 Å². The summed E-state index contributed by atoms with van der Waals surface area (Å²) in [7, 11) is 1.35. The Labute approximate surface area is 91.6 Å². The standard InChI is InChI=1S/C10H11N3O3/c1-15-9(14)5-4-8-12-10(13-16-8)7-3-2-6-11-7/h2-3,6,11H,4-5H2,1H3. The number of rotatable bonds is 4. The molecule has 6 nitrogen and oxygen atoms in total. The molecule has 0 spiro atoms. The number of ether oxygens (including phenoxy) is 1. The highest BCUT2D eigenvalue weighted by Crippen LogP contribution is 2.13. The highest BCUT2D eigenvalue weighted by molar-refractivity contribution is 5.69. The average Bonchev–Trinajstić information content (AvgIpc) is 2.95. The number of H-pyrrole nitrogens is 1. The number of aromatic amines is 1. The average molecular weight is 221 g/mol. The largest absolute Gasteiger partial charge is 0.469 e. The first kappa shape index (κ1) is 10.4. The van der Waals surface area contributed by atoms with Crippen LogP contribution in [0.1, 0.15) is 12.3 Å². The van der Waals surface area contributed by atoms with Gasteiger partial charge in [-0.05, 0) is 12.1 Å². The molecule has 0 unspecified atom stereocenters. The van der Waals surface area contributed by atoms with Crippen LogP contribution in [0, 0.1) is 0 Å². The lowest BCUT2D eigenvalue weighted by Gasteiger charge is -1.93. The van der Waals surface area contributed by atoms with Gasteiger partial charge in [0.2, 0.25) is 11.7 Å². The van der Waals surface area contributed by atoms with E-state index in [0.29, 0.717) is 18.1 Å². The van der Waals surface area contributed by atoms with Gasteiger partial charge in [0.05, 0.1) is 19.2 Å². The van der Waals surface area contributed by atoms with Gasteiger partial charge in [0.1, 0.15) is 0 Å². The van der Waals surface area contributed by atoms with Gasteiger partial charge in [0.25, 0.3) is 0 Å². The fourth-order valence-electron chi connectivity index (χ4n) is 1.25. The molecular formula is C10H11N3O3. The molecular weight excluding hydrogens is 210 g/mol. The van der Waals surface area contributed by atoms with Crippen molar-refractivity contribution in [2.24, 2.45) is 0 Å². The summed E-state index contributed by atoms with van der Waals surface area (Å²) in [6.07, 6.45) is 2.41. The van der Waals surface area contributed by atoms with Crippen molar-refractivity contribution in [1.82, 2.24) is 15.1 Å². The molecule has 0 radical (unpaired) electrons. The maximum atomic E-state index is 10.9. The molecule has 2 rings (SSSR count). The second kappa shape index (κ2) is 4.61. The van der Waals surface area contributed by atoms with Crippen molar-refractivity contribution in [3.63, 3.8) is 0 Å². The molecule has 84 valence electrons. The van der Waals surface area contributed by atoms with Gasteiger partial charge in [-0.2, -0.15) is 4.98 Å². The van der Waals surface area contributed by atoms with E-state index in [1.54, 1.807) is 6.20 Å². The molecule has 0 saturated carbocycles. The second-order valence-electron chi connectivity index (χ2n) is 3.17. The molecule has 0 aliphatic carbocycles. The number of hydrogen-bond acceptors (Lipinski definition) is 5. The summed E-state index contributed by atoms with van der Waals surface area (Å²) in [6, 6.07) is 3.69. The smallest absolute Gasteiger partial charge is 0.306 e. The van der Waals surface area contributed by atoms with Crippen LogP contribution in [-0.2, 0) is 16.0 Å². The van der Waals surface area contributed by atoms with Crippen LogP contribution in [0.15, 0.2) is 22.9 Å². The van der Waals surface area contributed by atoms with E-state index in [0.717, 1.165) is 5.69 Å². The maximum absolute atomic E-state index is 10.9. The number of nitrogens with zero attached hydrogens (tertiary/aromatic N) is 2. The molecule has 1 N–H and O–H groups in total. The molecule has 0 aromatic carbocycles. The molecule has 0 saturated heterocycles. The van der Waals surface area contributed by atoms with Gasteiger partial charge in [-0.3, -0.25) is 4.79 Å². The second-order valence-corrected chi connectivity index (χ2v) is 3.17. The predicted molar refractivity (Wildman–Crippen MR) is 54.4 cm³/mol. The van der Waals surface area contributed by atoms with Crippen LogP contribution in [0.4, 0.5) is 0 Å². The summed E-state index contributed by atoms with van der Waals surface area (Å²) in [5.74, 6) is 0.625. The summed E-state index contributed by atoms with van der Waals surface area (Å²) in [5, 5.41) is 3.79. The third-order valence-electron chi connectivity index (χ3n) is 2.08. The summed E-state index contributed by atoms with van der Waals surface area (Å²) in [4.78, 5) is 18.0. The van der Waals surface area contributed by atoms with Crippen LogP contribution in [0.2, 0.25) is 0 Å². The Balaban J connectivity index is 2.00. The minimum atomic E-state index is -0.292. The zero-order valence-corrected chi connectivity index (χ0v) is 8.77. The lowest BCUT2D eigenvalue weighted by atomic mass is 10.3. The Morgan fingerprint density at radius 1 is 1.62 bits per heavy atom. The Hall–Kier alpha value is -2.11. The monoisotopic (exact) mass is 221 g/mol. The minimum Gasteiger partial charge on any atom is -0.469 e. The van der Waals surface area contributed by atoms with Crippen molar-refractivity contribution in [3.05, 3.63) is 24.2 Å². The van der Waals surface area contributed by atoms with E-state index >= 15 is 0 Å². The topological polar surface area (TPSA) is 81.0 Å². The molecule has 0 atom stereocenters. The highest BCUT2D eigenvalue weighted by Gasteiger charge is 2.10. The maximum Gasteiger partial charge on any atom is 0.306 e. The first-order valence-corrected chi connectivity index (χ1v) is 4.83. The van der Waals surface area contributed by atoms with Crippen molar-refractivity contribution in [1.29, 1.82) is 0 Å². The molecule has 2 aromatic rings. The Kier molecular flexibility index (Phi) is 3.00. The molecule has 0 aliphatic heterocycles. The number of carbonyl (C=O) groups excluding carboxylic acids is 1. The summed E-state index contributed by atoms with van der Waals surface area (Å²) < 4.78 is 9.51. The molecule has 0 bridgehead atoms.